The van der Waals surface area contributed by atoms with Crippen molar-refractivity contribution in [2.45, 2.75) is 14.9 Å². The molecule has 0 aromatic heterocycles. The number of rotatable bonds is 2. The van der Waals surface area contributed by atoms with Crippen molar-refractivity contribution in [1.82, 2.24) is 0 Å². The van der Waals surface area contributed by atoms with Crippen LogP contribution in [-0.2, 0) is 0 Å². The standard InChI is InChI=1S/C6H2BF5O3.2CH4/c8-1-2(9)4(11)6(15-7(13)14)5(12)3(1)10;;/h13-14H;2*1H4. The zero-order valence-corrected chi connectivity index (χ0v) is 6.77. The maximum Gasteiger partial charge on any atom is 0.707 e. The molecule has 0 saturated carbocycles. The molecule has 0 atom stereocenters. The molecule has 0 aliphatic carbocycles. The van der Waals surface area contributed by atoms with Gasteiger partial charge in [-0.2, -0.15) is 8.78 Å². The van der Waals surface area contributed by atoms with Crippen LogP contribution in [0.1, 0.15) is 14.9 Å². The monoisotopic (exact) mass is 260 g/mol. The summed E-state index contributed by atoms with van der Waals surface area (Å²) in [6.07, 6.45) is 0. The summed E-state index contributed by atoms with van der Waals surface area (Å²) in [6, 6.07) is 0. The van der Waals surface area contributed by atoms with Gasteiger partial charge in [0.2, 0.25) is 29.1 Å². The second kappa shape index (κ2) is 6.40. The van der Waals surface area contributed by atoms with Gasteiger partial charge in [-0.05, 0) is 0 Å². The van der Waals surface area contributed by atoms with Gasteiger partial charge in [0.05, 0.1) is 0 Å². The minimum Gasteiger partial charge on any atom is -0.507 e. The molecular formula is C8H10BF5O3. The summed E-state index contributed by atoms with van der Waals surface area (Å²) in [5.74, 6) is -13.1. The minimum atomic E-state index is -2.70. The van der Waals surface area contributed by atoms with Crippen LogP contribution in [0.3, 0.4) is 0 Å². The summed E-state index contributed by atoms with van der Waals surface area (Å²) in [5.41, 5.74) is 0. The third-order valence-corrected chi connectivity index (χ3v) is 1.39. The summed E-state index contributed by atoms with van der Waals surface area (Å²) in [4.78, 5) is 0. The van der Waals surface area contributed by atoms with Crippen LogP contribution < -0.4 is 4.65 Å². The molecule has 98 valence electrons. The Bertz CT molecular complexity index is 370. The second-order valence-electron chi connectivity index (χ2n) is 2.34. The molecule has 1 aromatic rings. The van der Waals surface area contributed by atoms with E-state index in [1.165, 1.54) is 0 Å². The van der Waals surface area contributed by atoms with Gasteiger partial charge in [-0.25, -0.2) is 13.2 Å². The van der Waals surface area contributed by atoms with Gasteiger partial charge in [0.25, 0.3) is 0 Å². The molecule has 17 heavy (non-hydrogen) atoms. The molecule has 0 fully saturated rings. The van der Waals surface area contributed by atoms with Crippen LogP contribution in [0.25, 0.3) is 0 Å². The van der Waals surface area contributed by atoms with Crippen molar-refractivity contribution >= 4 is 7.32 Å². The average Bonchev–Trinajstić information content (AvgIpc) is 2.18. The Hall–Kier alpha value is -1.35. The Morgan fingerprint density at radius 3 is 1.29 bits per heavy atom. The lowest BCUT2D eigenvalue weighted by Gasteiger charge is -2.08. The van der Waals surface area contributed by atoms with E-state index >= 15 is 0 Å². The van der Waals surface area contributed by atoms with Gasteiger partial charge in [0.1, 0.15) is 0 Å². The zero-order chi connectivity index (χ0) is 11.7. The van der Waals surface area contributed by atoms with E-state index in [1.807, 2.05) is 0 Å². The fourth-order valence-corrected chi connectivity index (χ4v) is 0.794. The molecule has 0 radical (unpaired) electrons. The lowest BCUT2D eigenvalue weighted by Crippen LogP contribution is -2.23. The Morgan fingerprint density at radius 1 is 0.706 bits per heavy atom. The van der Waals surface area contributed by atoms with Crippen LogP contribution >= 0.6 is 0 Å². The first-order chi connectivity index (χ1) is 6.86. The molecule has 0 aliphatic rings. The molecule has 9 heteroatoms. The van der Waals surface area contributed by atoms with Crippen molar-refractivity contribution < 1.29 is 36.7 Å². The van der Waals surface area contributed by atoms with Crippen molar-refractivity contribution in [3.8, 4) is 5.75 Å². The largest absolute Gasteiger partial charge is 0.707 e. The van der Waals surface area contributed by atoms with Crippen molar-refractivity contribution in [2.75, 3.05) is 0 Å². The topological polar surface area (TPSA) is 49.7 Å². The first kappa shape index (κ1) is 18.0. The highest BCUT2D eigenvalue weighted by molar-refractivity contribution is 6.33. The summed E-state index contributed by atoms with van der Waals surface area (Å²) < 4.78 is 66.3. The van der Waals surface area contributed by atoms with E-state index in [1.54, 1.807) is 0 Å². The third-order valence-electron chi connectivity index (χ3n) is 1.39. The van der Waals surface area contributed by atoms with Gasteiger partial charge in [-0.15, -0.1) is 0 Å². The molecule has 2 N–H and O–H groups in total. The van der Waals surface area contributed by atoms with E-state index in [9.17, 15) is 22.0 Å². The molecule has 0 saturated heterocycles. The van der Waals surface area contributed by atoms with E-state index in [2.05, 4.69) is 4.65 Å². The van der Waals surface area contributed by atoms with Gasteiger partial charge in [0, 0.05) is 0 Å². The normalized spacial score (nSPS) is 9.12. The lowest BCUT2D eigenvalue weighted by atomic mass is 10.2. The Balaban J connectivity index is 0. The van der Waals surface area contributed by atoms with Crippen LogP contribution in [0.5, 0.6) is 5.75 Å². The SMILES string of the molecule is C.C.OB(O)Oc1c(F)c(F)c(F)c(F)c1F. The Morgan fingerprint density at radius 2 is 1.00 bits per heavy atom. The molecule has 1 rings (SSSR count). The minimum absolute atomic E-state index is 0. The lowest BCUT2D eigenvalue weighted by molar-refractivity contribution is 0.263. The van der Waals surface area contributed by atoms with Gasteiger partial charge in [0.15, 0.2) is 5.75 Å². The molecule has 0 amide bonds. The van der Waals surface area contributed by atoms with Crippen molar-refractivity contribution in [1.29, 1.82) is 0 Å². The highest BCUT2D eigenvalue weighted by Gasteiger charge is 2.29. The van der Waals surface area contributed by atoms with Crippen molar-refractivity contribution in [3.63, 3.8) is 0 Å². The molecule has 0 unspecified atom stereocenters. The summed E-state index contributed by atoms with van der Waals surface area (Å²) in [6.45, 7) is 0. The highest BCUT2D eigenvalue weighted by atomic mass is 19.2. The Labute approximate surface area is 94.6 Å². The first-order valence-corrected chi connectivity index (χ1v) is 3.40. The molecular weight excluding hydrogens is 250 g/mol. The molecule has 1 aromatic carbocycles. The van der Waals surface area contributed by atoms with Crippen LogP contribution in [0.4, 0.5) is 22.0 Å². The number of hydrogen-bond acceptors (Lipinski definition) is 3. The number of benzene rings is 1. The summed E-state index contributed by atoms with van der Waals surface area (Å²) in [5, 5.41) is 16.3. The third kappa shape index (κ3) is 3.30. The quantitative estimate of drug-likeness (QED) is 0.370. The van der Waals surface area contributed by atoms with Crippen LogP contribution in [0, 0.1) is 29.1 Å². The van der Waals surface area contributed by atoms with Gasteiger partial charge < -0.3 is 14.7 Å². The first-order valence-electron chi connectivity index (χ1n) is 3.40. The maximum atomic E-state index is 12.7. The van der Waals surface area contributed by atoms with Gasteiger partial charge in [-0.1, -0.05) is 14.9 Å². The number of hydrogen-bond donors (Lipinski definition) is 2. The van der Waals surface area contributed by atoms with E-state index in [0.29, 0.717) is 0 Å². The molecule has 3 nitrogen and oxygen atoms in total. The van der Waals surface area contributed by atoms with Crippen LogP contribution in [0.15, 0.2) is 0 Å². The summed E-state index contributed by atoms with van der Waals surface area (Å²) >= 11 is 0. The molecule has 0 heterocycles. The molecule has 0 spiro atoms. The van der Waals surface area contributed by atoms with E-state index in [-0.39, 0.29) is 14.9 Å². The van der Waals surface area contributed by atoms with Crippen molar-refractivity contribution in [2.24, 2.45) is 0 Å². The van der Waals surface area contributed by atoms with Crippen molar-refractivity contribution in [3.05, 3.63) is 29.1 Å². The number of halogens is 5. The smallest absolute Gasteiger partial charge is 0.507 e. The predicted octanol–water partition coefficient (Wildman–Crippen LogP) is 2.00. The van der Waals surface area contributed by atoms with E-state index < -0.39 is 42.2 Å². The highest BCUT2D eigenvalue weighted by Crippen LogP contribution is 2.28. The predicted molar refractivity (Wildman–Crippen MR) is 50.5 cm³/mol. The Kier molecular flexibility index (Phi) is 6.79. The average molecular weight is 260 g/mol. The zero-order valence-electron chi connectivity index (χ0n) is 6.77. The van der Waals surface area contributed by atoms with Crippen LogP contribution in [-0.4, -0.2) is 17.4 Å². The maximum absolute atomic E-state index is 12.7. The fourth-order valence-electron chi connectivity index (χ4n) is 0.794. The van der Waals surface area contributed by atoms with Crippen LogP contribution in [0.2, 0.25) is 0 Å². The molecule has 0 bridgehead atoms. The van der Waals surface area contributed by atoms with E-state index in [4.69, 9.17) is 10.0 Å². The molecule has 0 aliphatic heterocycles. The van der Waals surface area contributed by atoms with E-state index in [0.717, 1.165) is 0 Å². The fraction of sp³-hybridized carbons (Fsp3) is 0.250. The summed E-state index contributed by atoms with van der Waals surface area (Å²) in [7, 11) is -2.70. The van der Waals surface area contributed by atoms with Gasteiger partial charge >= 0.3 is 7.32 Å². The van der Waals surface area contributed by atoms with Gasteiger partial charge in [-0.3, -0.25) is 0 Å². The second-order valence-corrected chi connectivity index (χ2v) is 2.34.